The van der Waals surface area contributed by atoms with E-state index in [1.54, 1.807) is 6.92 Å². The monoisotopic (exact) mass is 141 g/mol. The quantitative estimate of drug-likeness (QED) is 0.546. The third kappa shape index (κ3) is 1.27. The van der Waals surface area contributed by atoms with Gasteiger partial charge in [0.25, 0.3) is 0 Å². The highest BCUT2D eigenvalue weighted by atomic mass is 19.1. The van der Waals surface area contributed by atoms with E-state index in [1.165, 1.54) is 6.08 Å². The van der Waals surface area contributed by atoms with Gasteiger partial charge >= 0.3 is 0 Å². The molecule has 2 unspecified atom stereocenters. The van der Waals surface area contributed by atoms with E-state index in [0.29, 0.717) is 5.57 Å². The van der Waals surface area contributed by atoms with E-state index in [2.05, 4.69) is 0 Å². The van der Waals surface area contributed by atoms with Crippen LogP contribution >= 0.6 is 0 Å². The van der Waals surface area contributed by atoms with Gasteiger partial charge in [-0.15, -0.1) is 0 Å². The topological polar surface area (TPSA) is 26.0 Å². The maximum Gasteiger partial charge on any atom is 0.123 e. The molecule has 0 aliphatic heterocycles. The van der Waals surface area contributed by atoms with Gasteiger partial charge in [-0.3, -0.25) is 0 Å². The molecule has 2 heteroatoms. The first-order valence-electron chi connectivity index (χ1n) is 3.43. The first-order chi connectivity index (χ1) is 4.61. The average Bonchev–Trinajstić information content (AvgIpc) is 1.84. The molecule has 1 rings (SSSR count). The van der Waals surface area contributed by atoms with Crippen molar-refractivity contribution < 1.29 is 4.39 Å². The predicted molar refractivity (Wildman–Crippen MR) is 40.1 cm³/mol. The summed E-state index contributed by atoms with van der Waals surface area (Å²) in [5, 5.41) is 0. The van der Waals surface area contributed by atoms with Crippen LogP contribution in [0.5, 0.6) is 0 Å². The van der Waals surface area contributed by atoms with Gasteiger partial charge in [-0.1, -0.05) is 13.0 Å². The van der Waals surface area contributed by atoms with Crippen LogP contribution in [-0.2, 0) is 0 Å². The highest BCUT2D eigenvalue weighted by Gasteiger charge is 2.15. The minimum absolute atomic E-state index is 0.149. The summed E-state index contributed by atoms with van der Waals surface area (Å²) >= 11 is 0. The Labute approximate surface area is 60.4 Å². The average molecular weight is 141 g/mol. The molecule has 0 saturated carbocycles. The van der Waals surface area contributed by atoms with E-state index in [9.17, 15) is 4.39 Å². The van der Waals surface area contributed by atoms with Crippen LogP contribution in [0.15, 0.2) is 23.6 Å². The number of halogens is 1. The molecule has 2 N–H and O–H groups in total. The second-order valence-electron chi connectivity index (χ2n) is 2.80. The lowest BCUT2D eigenvalue weighted by Crippen LogP contribution is -2.27. The van der Waals surface area contributed by atoms with Crippen molar-refractivity contribution in [3.63, 3.8) is 0 Å². The van der Waals surface area contributed by atoms with E-state index in [0.717, 1.165) is 0 Å². The van der Waals surface area contributed by atoms with Gasteiger partial charge in [0.05, 0.1) is 0 Å². The molecule has 56 valence electrons. The Bertz CT molecular complexity index is 171. The fraction of sp³-hybridized carbons (Fsp3) is 0.500. The summed E-state index contributed by atoms with van der Waals surface area (Å²) in [5.41, 5.74) is 6.27. The fourth-order valence-electron chi connectivity index (χ4n) is 1.04. The van der Waals surface area contributed by atoms with Crippen molar-refractivity contribution in [1.82, 2.24) is 0 Å². The predicted octanol–water partition coefficient (Wildman–Crippen LogP) is 1.76. The summed E-state index contributed by atoms with van der Waals surface area (Å²) in [6.45, 7) is 3.74. The Hall–Kier alpha value is -0.630. The summed E-state index contributed by atoms with van der Waals surface area (Å²) in [7, 11) is 0. The molecule has 0 spiro atoms. The molecule has 1 aliphatic carbocycles. The molecular weight excluding hydrogens is 129 g/mol. The summed E-state index contributed by atoms with van der Waals surface area (Å²) < 4.78 is 12.7. The maximum atomic E-state index is 12.7. The van der Waals surface area contributed by atoms with Crippen molar-refractivity contribution in [2.24, 2.45) is 11.7 Å². The molecular formula is C8H12FN. The molecule has 0 amide bonds. The molecule has 0 aromatic heterocycles. The van der Waals surface area contributed by atoms with Gasteiger partial charge in [0, 0.05) is 6.04 Å². The highest BCUT2D eigenvalue weighted by molar-refractivity contribution is 5.30. The van der Waals surface area contributed by atoms with Crippen LogP contribution in [0.2, 0.25) is 0 Å². The van der Waals surface area contributed by atoms with Gasteiger partial charge in [0.1, 0.15) is 5.83 Å². The normalized spacial score (nSPS) is 33.2. The lowest BCUT2D eigenvalue weighted by Gasteiger charge is -2.18. The third-order valence-corrected chi connectivity index (χ3v) is 1.84. The zero-order chi connectivity index (χ0) is 7.72. The van der Waals surface area contributed by atoms with Gasteiger partial charge in [0.2, 0.25) is 0 Å². The SMILES string of the molecule is CC1=CC(C)C(N)C=C1F. The Morgan fingerprint density at radius 1 is 1.50 bits per heavy atom. The van der Waals surface area contributed by atoms with Crippen LogP contribution in [-0.4, -0.2) is 6.04 Å². The molecule has 0 aromatic rings. The van der Waals surface area contributed by atoms with Gasteiger partial charge < -0.3 is 5.73 Å². The maximum absolute atomic E-state index is 12.7. The number of nitrogens with two attached hydrogens (primary N) is 1. The standard InChI is InChI=1S/C8H12FN/c1-5-3-6(2)8(10)4-7(5)9/h3-4,6,8H,10H2,1-2H3. The van der Waals surface area contributed by atoms with E-state index in [1.807, 2.05) is 13.0 Å². The van der Waals surface area contributed by atoms with Crippen LogP contribution in [0.3, 0.4) is 0 Å². The number of allylic oxidation sites excluding steroid dienone is 2. The fourth-order valence-corrected chi connectivity index (χ4v) is 1.04. The Balaban J connectivity index is 2.83. The second-order valence-corrected chi connectivity index (χ2v) is 2.80. The highest BCUT2D eigenvalue weighted by Crippen LogP contribution is 2.21. The summed E-state index contributed by atoms with van der Waals surface area (Å²) in [6.07, 6.45) is 3.33. The molecule has 0 heterocycles. The lowest BCUT2D eigenvalue weighted by molar-refractivity contribution is 0.562. The molecule has 1 nitrogen and oxygen atoms in total. The van der Waals surface area contributed by atoms with E-state index >= 15 is 0 Å². The summed E-state index contributed by atoms with van der Waals surface area (Å²) in [5.74, 6) is 0.0881. The largest absolute Gasteiger partial charge is 0.324 e. The van der Waals surface area contributed by atoms with E-state index in [4.69, 9.17) is 5.73 Å². The van der Waals surface area contributed by atoms with Gasteiger partial charge in [-0.05, 0) is 24.5 Å². The van der Waals surface area contributed by atoms with E-state index < -0.39 is 0 Å². The minimum Gasteiger partial charge on any atom is -0.324 e. The molecule has 10 heavy (non-hydrogen) atoms. The smallest absolute Gasteiger partial charge is 0.123 e. The van der Waals surface area contributed by atoms with Gasteiger partial charge in [0.15, 0.2) is 0 Å². The third-order valence-electron chi connectivity index (χ3n) is 1.84. The zero-order valence-corrected chi connectivity index (χ0v) is 6.26. The van der Waals surface area contributed by atoms with E-state index in [-0.39, 0.29) is 17.8 Å². The minimum atomic E-state index is -0.175. The zero-order valence-electron chi connectivity index (χ0n) is 6.26. The van der Waals surface area contributed by atoms with Crippen molar-refractivity contribution in [2.75, 3.05) is 0 Å². The van der Waals surface area contributed by atoms with Gasteiger partial charge in [-0.25, -0.2) is 4.39 Å². The van der Waals surface area contributed by atoms with Crippen molar-refractivity contribution in [3.8, 4) is 0 Å². The molecule has 0 fully saturated rings. The molecule has 0 bridgehead atoms. The van der Waals surface area contributed by atoms with Crippen molar-refractivity contribution in [3.05, 3.63) is 23.6 Å². The Morgan fingerprint density at radius 3 is 2.60 bits per heavy atom. The van der Waals surface area contributed by atoms with Crippen molar-refractivity contribution >= 4 is 0 Å². The Morgan fingerprint density at radius 2 is 2.10 bits per heavy atom. The first-order valence-corrected chi connectivity index (χ1v) is 3.43. The second kappa shape index (κ2) is 2.54. The molecule has 0 aromatic carbocycles. The van der Waals surface area contributed by atoms with Crippen LogP contribution in [0, 0.1) is 5.92 Å². The first kappa shape index (κ1) is 7.48. The van der Waals surface area contributed by atoms with Gasteiger partial charge in [-0.2, -0.15) is 0 Å². The molecule has 1 aliphatic rings. The Kier molecular flexibility index (Phi) is 1.90. The number of hydrogen-bond acceptors (Lipinski definition) is 1. The van der Waals surface area contributed by atoms with Crippen LogP contribution in [0.4, 0.5) is 4.39 Å². The van der Waals surface area contributed by atoms with Crippen LogP contribution in [0.1, 0.15) is 13.8 Å². The van der Waals surface area contributed by atoms with Crippen LogP contribution in [0.25, 0.3) is 0 Å². The van der Waals surface area contributed by atoms with Crippen LogP contribution < -0.4 is 5.73 Å². The number of hydrogen-bond donors (Lipinski definition) is 1. The van der Waals surface area contributed by atoms with Crippen molar-refractivity contribution in [1.29, 1.82) is 0 Å². The lowest BCUT2D eigenvalue weighted by atomic mass is 9.94. The molecule has 0 saturated heterocycles. The van der Waals surface area contributed by atoms with Crippen molar-refractivity contribution in [2.45, 2.75) is 19.9 Å². The number of rotatable bonds is 0. The summed E-state index contributed by atoms with van der Waals surface area (Å²) in [4.78, 5) is 0. The molecule has 0 radical (unpaired) electrons. The molecule has 2 atom stereocenters. The summed E-state index contributed by atoms with van der Waals surface area (Å²) in [6, 6.07) is -0.149.